The Kier molecular flexibility index (Phi) is 52.6. The lowest BCUT2D eigenvalue weighted by atomic mass is 10.0. The van der Waals surface area contributed by atoms with E-state index in [1.165, 1.54) is 231 Å². The lowest BCUT2D eigenvalue weighted by molar-refractivity contribution is -0.143. The van der Waals surface area contributed by atoms with Crippen molar-refractivity contribution in [3.8, 4) is 0 Å². The first kappa shape index (κ1) is 62.3. The fourth-order valence-corrected chi connectivity index (χ4v) is 8.81. The Labute approximate surface area is 399 Å². The highest BCUT2D eigenvalue weighted by Crippen LogP contribution is 2.17. The molecule has 0 aromatic heterocycles. The van der Waals surface area contributed by atoms with E-state index in [9.17, 15) is 19.8 Å². The standard InChI is InChI=1S/C58H111NO5/c1-3-5-7-9-11-13-15-17-19-20-21-23-26-30-34-38-42-46-50-56(61)55(54-60)59-57(62)51-47-43-39-35-31-27-24-22-25-29-33-37-41-45-49-53-64-58(63)52-48-44-40-36-32-28-18-16-14-12-10-8-6-4-2/h16,18,46,50,55-56,60-61H,3-15,17,19-45,47-49,51-54H2,1-2H3,(H,59,62)/b18-16-,50-46+. The molecule has 0 saturated heterocycles. The molecule has 6 heteroatoms. The summed E-state index contributed by atoms with van der Waals surface area (Å²) in [7, 11) is 0. The van der Waals surface area contributed by atoms with Crippen LogP contribution in [0, 0.1) is 0 Å². The number of hydrogen-bond acceptors (Lipinski definition) is 5. The zero-order chi connectivity index (χ0) is 46.5. The van der Waals surface area contributed by atoms with E-state index in [-0.39, 0.29) is 18.5 Å². The Morgan fingerprint density at radius 1 is 0.422 bits per heavy atom. The SMILES string of the molecule is CCCCCCC/C=C\CCCCCCCC(=O)OCCCCCCCCCCCCCCCCCC(=O)NC(CO)C(O)/C=C/CCCCCCCCCCCCCCCCCC. The highest BCUT2D eigenvalue weighted by Gasteiger charge is 2.18. The monoisotopic (exact) mass is 902 g/mol. The number of esters is 1. The molecule has 0 aliphatic heterocycles. The van der Waals surface area contributed by atoms with E-state index in [1.807, 2.05) is 6.08 Å². The van der Waals surface area contributed by atoms with Crippen LogP contribution in [-0.4, -0.2) is 47.4 Å². The van der Waals surface area contributed by atoms with Crippen LogP contribution in [0.25, 0.3) is 0 Å². The summed E-state index contributed by atoms with van der Waals surface area (Å²) in [6, 6.07) is -0.634. The third kappa shape index (κ3) is 49.8. The van der Waals surface area contributed by atoms with E-state index >= 15 is 0 Å². The van der Waals surface area contributed by atoms with Crippen LogP contribution in [0.4, 0.5) is 0 Å². The van der Waals surface area contributed by atoms with Gasteiger partial charge in [0, 0.05) is 12.8 Å². The van der Waals surface area contributed by atoms with Crippen molar-refractivity contribution in [2.24, 2.45) is 0 Å². The van der Waals surface area contributed by atoms with Crippen molar-refractivity contribution < 1.29 is 24.5 Å². The molecule has 64 heavy (non-hydrogen) atoms. The van der Waals surface area contributed by atoms with Gasteiger partial charge in [-0.05, 0) is 57.8 Å². The molecule has 0 aromatic carbocycles. The van der Waals surface area contributed by atoms with Crippen molar-refractivity contribution in [3.63, 3.8) is 0 Å². The number of aliphatic hydroxyl groups excluding tert-OH is 2. The number of carbonyl (C=O) groups is 2. The molecule has 0 aliphatic rings. The van der Waals surface area contributed by atoms with Gasteiger partial charge < -0.3 is 20.3 Å². The summed E-state index contributed by atoms with van der Waals surface area (Å²) in [5.74, 6) is -0.0835. The first-order chi connectivity index (χ1) is 31.5. The molecule has 378 valence electrons. The Morgan fingerprint density at radius 3 is 1.11 bits per heavy atom. The van der Waals surface area contributed by atoms with Crippen molar-refractivity contribution in [2.45, 2.75) is 321 Å². The number of nitrogens with one attached hydrogen (secondary N) is 1. The molecular formula is C58H111NO5. The minimum atomic E-state index is -0.850. The second kappa shape index (κ2) is 54.0. The van der Waals surface area contributed by atoms with Crippen LogP contribution in [0.3, 0.4) is 0 Å². The normalized spacial score (nSPS) is 12.8. The van der Waals surface area contributed by atoms with Crippen LogP contribution in [0.2, 0.25) is 0 Å². The minimum Gasteiger partial charge on any atom is -0.466 e. The molecule has 0 saturated carbocycles. The first-order valence-corrected chi connectivity index (χ1v) is 28.6. The van der Waals surface area contributed by atoms with Gasteiger partial charge in [0.25, 0.3) is 0 Å². The van der Waals surface area contributed by atoms with E-state index in [1.54, 1.807) is 6.08 Å². The van der Waals surface area contributed by atoms with Gasteiger partial charge in [-0.2, -0.15) is 0 Å². The summed E-state index contributed by atoms with van der Waals surface area (Å²) < 4.78 is 5.46. The lowest BCUT2D eigenvalue weighted by Gasteiger charge is -2.20. The second-order valence-electron chi connectivity index (χ2n) is 19.6. The van der Waals surface area contributed by atoms with Crippen LogP contribution < -0.4 is 5.32 Å². The van der Waals surface area contributed by atoms with E-state index in [2.05, 4.69) is 31.3 Å². The second-order valence-corrected chi connectivity index (χ2v) is 19.6. The molecule has 0 fully saturated rings. The number of hydrogen-bond donors (Lipinski definition) is 3. The largest absolute Gasteiger partial charge is 0.466 e. The van der Waals surface area contributed by atoms with Crippen LogP contribution in [0.5, 0.6) is 0 Å². The summed E-state index contributed by atoms with van der Waals surface area (Å²) in [6.07, 6.45) is 64.7. The maximum atomic E-state index is 12.5. The molecular weight excluding hydrogens is 791 g/mol. The zero-order valence-corrected chi connectivity index (χ0v) is 43.0. The molecule has 3 N–H and O–H groups in total. The van der Waals surface area contributed by atoms with Gasteiger partial charge in [0.15, 0.2) is 0 Å². The first-order valence-electron chi connectivity index (χ1n) is 28.6. The highest BCUT2D eigenvalue weighted by molar-refractivity contribution is 5.76. The maximum Gasteiger partial charge on any atom is 0.305 e. The summed E-state index contributed by atoms with van der Waals surface area (Å²) >= 11 is 0. The predicted octanol–water partition coefficient (Wildman–Crippen LogP) is 17.5. The third-order valence-electron chi connectivity index (χ3n) is 13.2. The minimum absolute atomic E-state index is 0.00873. The maximum absolute atomic E-state index is 12.5. The molecule has 0 heterocycles. The number of rotatable bonds is 53. The highest BCUT2D eigenvalue weighted by atomic mass is 16.5. The van der Waals surface area contributed by atoms with Crippen molar-refractivity contribution in [2.75, 3.05) is 13.2 Å². The molecule has 0 rings (SSSR count). The topological polar surface area (TPSA) is 95.9 Å². The van der Waals surface area contributed by atoms with Crippen molar-refractivity contribution in [3.05, 3.63) is 24.3 Å². The quantitative estimate of drug-likeness (QED) is 0.0321. The fourth-order valence-electron chi connectivity index (χ4n) is 8.81. The van der Waals surface area contributed by atoms with E-state index < -0.39 is 12.1 Å². The van der Waals surface area contributed by atoms with Crippen molar-refractivity contribution in [1.29, 1.82) is 0 Å². The van der Waals surface area contributed by atoms with E-state index in [4.69, 9.17) is 4.74 Å². The molecule has 0 aliphatic carbocycles. The molecule has 0 spiro atoms. The Bertz CT molecular complexity index is 997. The van der Waals surface area contributed by atoms with E-state index in [0.717, 1.165) is 51.4 Å². The number of amides is 1. The Morgan fingerprint density at radius 2 is 0.734 bits per heavy atom. The van der Waals surface area contributed by atoms with Gasteiger partial charge in [0.1, 0.15) is 0 Å². The number of unbranched alkanes of at least 4 members (excludes halogenated alkanes) is 40. The summed E-state index contributed by atoms with van der Waals surface area (Å²) in [4.78, 5) is 24.5. The Balaban J connectivity index is 3.47. The van der Waals surface area contributed by atoms with Gasteiger partial charge in [0.2, 0.25) is 5.91 Å². The third-order valence-corrected chi connectivity index (χ3v) is 13.2. The molecule has 0 radical (unpaired) electrons. The van der Waals surface area contributed by atoms with Crippen molar-refractivity contribution >= 4 is 11.9 Å². The molecule has 0 bridgehead atoms. The lowest BCUT2D eigenvalue weighted by Crippen LogP contribution is -2.45. The van der Waals surface area contributed by atoms with Gasteiger partial charge in [-0.25, -0.2) is 0 Å². The Hall–Kier alpha value is -1.66. The van der Waals surface area contributed by atoms with Gasteiger partial charge in [-0.3, -0.25) is 9.59 Å². The molecule has 0 aromatic rings. The number of carbonyl (C=O) groups excluding carboxylic acids is 2. The van der Waals surface area contributed by atoms with Gasteiger partial charge >= 0.3 is 5.97 Å². The van der Waals surface area contributed by atoms with Crippen LogP contribution in [0.1, 0.15) is 309 Å². The number of aliphatic hydroxyl groups is 2. The molecule has 2 unspecified atom stereocenters. The average Bonchev–Trinajstić information content (AvgIpc) is 3.29. The van der Waals surface area contributed by atoms with Crippen molar-refractivity contribution in [1.82, 2.24) is 5.32 Å². The summed E-state index contributed by atoms with van der Waals surface area (Å²) in [6.45, 7) is 4.89. The molecule has 6 nitrogen and oxygen atoms in total. The van der Waals surface area contributed by atoms with Crippen LogP contribution in [-0.2, 0) is 14.3 Å². The fraction of sp³-hybridized carbons (Fsp3) is 0.897. The smallest absolute Gasteiger partial charge is 0.305 e. The van der Waals surface area contributed by atoms with Crippen LogP contribution in [0.15, 0.2) is 24.3 Å². The summed E-state index contributed by atoms with van der Waals surface area (Å²) in [5, 5.41) is 23.1. The van der Waals surface area contributed by atoms with Gasteiger partial charge in [-0.15, -0.1) is 0 Å². The number of allylic oxidation sites excluding steroid dienone is 3. The molecule has 1 amide bonds. The zero-order valence-electron chi connectivity index (χ0n) is 43.0. The molecule has 2 atom stereocenters. The summed E-state index contributed by atoms with van der Waals surface area (Å²) in [5.41, 5.74) is 0. The predicted molar refractivity (Wildman–Crippen MR) is 278 cm³/mol. The van der Waals surface area contributed by atoms with E-state index in [0.29, 0.717) is 19.4 Å². The van der Waals surface area contributed by atoms with Crippen LogP contribution >= 0.6 is 0 Å². The van der Waals surface area contributed by atoms with Gasteiger partial charge in [0.05, 0.1) is 25.4 Å². The average molecular weight is 903 g/mol. The van der Waals surface area contributed by atoms with Gasteiger partial charge in [-0.1, -0.05) is 263 Å². The number of ether oxygens (including phenoxy) is 1.